The largest absolute Gasteiger partial charge is 0.386 e. The zero-order valence-electron chi connectivity index (χ0n) is 5.55. The number of hydrogen-bond donors (Lipinski definition) is 2. The Morgan fingerprint density at radius 2 is 2.20 bits per heavy atom. The topological polar surface area (TPSA) is 41.1 Å². The van der Waals surface area contributed by atoms with Gasteiger partial charge in [-0.25, -0.2) is 0 Å². The van der Waals surface area contributed by atoms with E-state index in [2.05, 4.69) is 10.6 Å². The van der Waals surface area contributed by atoms with Gasteiger partial charge in [0.25, 0.3) is 0 Å². The number of thiophene rings is 1. The number of amides is 1. The summed E-state index contributed by atoms with van der Waals surface area (Å²) in [5, 5.41) is 9.34. The van der Waals surface area contributed by atoms with Crippen LogP contribution in [0.2, 0.25) is 0 Å². The Balaban J connectivity index is 2.79. The molecular weight excluding hydrogens is 148 g/mol. The smallest absolute Gasteiger partial charge is 0.211 e. The molecular formula is C6H8N2OS. The normalized spacial score (nSPS) is 8.90. The van der Waals surface area contributed by atoms with E-state index in [1.54, 1.807) is 11.3 Å². The Morgan fingerprint density at radius 3 is 2.80 bits per heavy atom. The number of anilines is 2. The second-order valence-corrected chi connectivity index (χ2v) is 2.45. The lowest BCUT2D eigenvalue weighted by Gasteiger charge is -1.98. The van der Waals surface area contributed by atoms with Gasteiger partial charge in [0.2, 0.25) is 6.41 Å². The molecule has 3 nitrogen and oxygen atoms in total. The fourth-order valence-corrected chi connectivity index (χ4v) is 1.45. The van der Waals surface area contributed by atoms with Gasteiger partial charge in [-0.1, -0.05) is 0 Å². The molecule has 0 saturated carbocycles. The van der Waals surface area contributed by atoms with E-state index in [0.29, 0.717) is 6.41 Å². The summed E-state index contributed by atoms with van der Waals surface area (Å²) >= 11 is 1.55. The molecule has 0 aliphatic heterocycles. The predicted octanol–water partition coefficient (Wildman–Crippen LogP) is 1.36. The van der Waals surface area contributed by atoms with Crippen LogP contribution in [0, 0.1) is 0 Å². The summed E-state index contributed by atoms with van der Waals surface area (Å²) in [7, 11) is 1.82. The molecule has 4 heteroatoms. The Hall–Kier alpha value is -1.03. The van der Waals surface area contributed by atoms with E-state index in [0.717, 1.165) is 11.4 Å². The Kier molecular flexibility index (Phi) is 2.28. The van der Waals surface area contributed by atoms with Crippen molar-refractivity contribution in [2.45, 2.75) is 0 Å². The minimum absolute atomic E-state index is 0.670. The van der Waals surface area contributed by atoms with Crippen molar-refractivity contribution in [3.63, 3.8) is 0 Å². The molecule has 2 N–H and O–H groups in total. The Labute approximate surface area is 63.1 Å². The standard InChI is InChI=1S/C6H8N2OS/c1-7-5-2-10-3-6(5)8-4-9/h2-4,7H,1H3,(H,8,9). The molecule has 0 aliphatic carbocycles. The van der Waals surface area contributed by atoms with Crippen molar-refractivity contribution in [2.24, 2.45) is 0 Å². The van der Waals surface area contributed by atoms with Gasteiger partial charge < -0.3 is 10.6 Å². The summed E-state index contributed by atoms with van der Waals surface area (Å²) in [5.41, 5.74) is 1.79. The maximum absolute atomic E-state index is 10.0. The van der Waals surface area contributed by atoms with Crippen LogP contribution in [-0.4, -0.2) is 13.5 Å². The monoisotopic (exact) mass is 156 g/mol. The van der Waals surface area contributed by atoms with Crippen molar-refractivity contribution in [3.8, 4) is 0 Å². The number of carbonyl (C=O) groups is 1. The molecule has 0 atom stereocenters. The van der Waals surface area contributed by atoms with Crippen LogP contribution in [0.5, 0.6) is 0 Å². The van der Waals surface area contributed by atoms with Gasteiger partial charge in [-0.2, -0.15) is 0 Å². The summed E-state index contributed by atoms with van der Waals surface area (Å²) in [6, 6.07) is 0. The van der Waals surface area contributed by atoms with Gasteiger partial charge in [0, 0.05) is 17.8 Å². The van der Waals surface area contributed by atoms with Crippen molar-refractivity contribution in [3.05, 3.63) is 10.8 Å². The Bertz CT molecular complexity index is 221. The molecule has 0 unspecified atom stereocenters. The molecule has 10 heavy (non-hydrogen) atoms. The number of carbonyl (C=O) groups excluding carboxylic acids is 1. The van der Waals surface area contributed by atoms with Gasteiger partial charge in [-0.3, -0.25) is 4.79 Å². The minimum Gasteiger partial charge on any atom is -0.386 e. The van der Waals surface area contributed by atoms with Crippen LogP contribution in [0.1, 0.15) is 0 Å². The lowest BCUT2D eigenvalue weighted by atomic mass is 10.4. The van der Waals surface area contributed by atoms with Crippen LogP contribution in [-0.2, 0) is 4.79 Å². The van der Waals surface area contributed by atoms with E-state index in [1.165, 1.54) is 0 Å². The van der Waals surface area contributed by atoms with Gasteiger partial charge in [0.15, 0.2) is 0 Å². The fourth-order valence-electron chi connectivity index (χ4n) is 0.666. The van der Waals surface area contributed by atoms with Gasteiger partial charge in [0.1, 0.15) is 0 Å². The van der Waals surface area contributed by atoms with Crippen molar-refractivity contribution in [1.29, 1.82) is 0 Å². The maximum atomic E-state index is 10.0. The van der Waals surface area contributed by atoms with Gasteiger partial charge in [-0.15, -0.1) is 11.3 Å². The quantitative estimate of drug-likeness (QED) is 0.649. The predicted molar refractivity (Wildman–Crippen MR) is 43.6 cm³/mol. The van der Waals surface area contributed by atoms with Gasteiger partial charge in [-0.05, 0) is 0 Å². The first-order chi connectivity index (χ1) is 4.88. The third-order valence-electron chi connectivity index (χ3n) is 1.15. The van der Waals surface area contributed by atoms with Crippen LogP contribution >= 0.6 is 11.3 Å². The highest BCUT2D eigenvalue weighted by Crippen LogP contribution is 2.24. The highest BCUT2D eigenvalue weighted by atomic mass is 32.1. The second-order valence-electron chi connectivity index (χ2n) is 1.71. The van der Waals surface area contributed by atoms with Crippen LogP contribution in [0.3, 0.4) is 0 Å². The molecule has 0 bridgehead atoms. The molecule has 54 valence electrons. The van der Waals surface area contributed by atoms with Crippen LogP contribution in [0.4, 0.5) is 11.4 Å². The first-order valence-corrected chi connectivity index (χ1v) is 3.77. The summed E-state index contributed by atoms with van der Waals surface area (Å²) in [6.07, 6.45) is 0.670. The van der Waals surface area contributed by atoms with Gasteiger partial charge >= 0.3 is 0 Å². The third-order valence-corrected chi connectivity index (χ3v) is 1.89. The molecule has 0 fully saturated rings. The van der Waals surface area contributed by atoms with Crippen LogP contribution < -0.4 is 10.6 Å². The lowest BCUT2D eigenvalue weighted by molar-refractivity contribution is -0.105. The molecule has 1 rings (SSSR count). The molecule has 0 aliphatic rings. The molecule has 0 saturated heterocycles. The van der Waals surface area contributed by atoms with Crippen molar-refractivity contribution in [2.75, 3.05) is 17.7 Å². The van der Waals surface area contributed by atoms with Gasteiger partial charge in [0.05, 0.1) is 11.4 Å². The average molecular weight is 156 g/mol. The molecule has 1 heterocycles. The molecule has 0 spiro atoms. The SMILES string of the molecule is CNc1cscc1NC=O. The molecule has 1 aromatic heterocycles. The first-order valence-electron chi connectivity index (χ1n) is 2.82. The summed E-state index contributed by atoms with van der Waals surface area (Å²) < 4.78 is 0. The first kappa shape index (κ1) is 7.08. The van der Waals surface area contributed by atoms with E-state index < -0.39 is 0 Å². The van der Waals surface area contributed by atoms with Crippen LogP contribution in [0.15, 0.2) is 10.8 Å². The summed E-state index contributed by atoms with van der Waals surface area (Å²) in [6.45, 7) is 0. The van der Waals surface area contributed by atoms with Crippen molar-refractivity contribution in [1.82, 2.24) is 0 Å². The molecule has 1 amide bonds. The summed E-state index contributed by atoms with van der Waals surface area (Å²) in [4.78, 5) is 10.0. The number of hydrogen-bond acceptors (Lipinski definition) is 3. The lowest BCUT2D eigenvalue weighted by Crippen LogP contribution is -1.95. The highest BCUT2D eigenvalue weighted by molar-refractivity contribution is 7.09. The number of nitrogens with one attached hydrogen (secondary N) is 2. The molecule has 1 aromatic rings. The van der Waals surface area contributed by atoms with E-state index in [1.807, 2.05) is 17.8 Å². The maximum Gasteiger partial charge on any atom is 0.211 e. The Morgan fingerprint density at radius 1 is 1.50 bits per heavy atom. The highest BCUT2D eigenvalue weighted by Gasteiger charge is 1.97. The molecule has 0 aromatic carbocycles. The average Bonchev–Trinajstić information content (AvgIpc) is 2.36. The summed E-state index contributed by atoms with van der Waals surface area (Å²) in [5.74, 6) is 0. The fraction of sp³-hybridized carbons (Fsp3) is 0.167. The zero-order chi connectivity index (χ0) is 7.40. The minimum atomic E-state index is 0.670. The zero-order valence-corrected chi connectivity index (χ0v) is 6.37. The van der Waals surface area contributed by atoms with Crippen LogP contribution in [0.25, 0.3) is 0 Å². The third kappa shape index (κ3) is 1.27. The van der Waals surface area contributed by atoms with E-state index in [9.17, 15) is 4.79 Å². The van der Waals surface area contributed by atoms with E-state index in [-0.39, 0.29) is 0 Å². The van der Waals surface area contributed by atoms with E-state index in [4.69, 9.17) is 0 Å². The molecule has 0 radical (unpaired) electrons. The van der Waals surface area contributed by atoms with E-state index >= 15 is 0 Å². The van der Waals surface area contributed by atoms with Crippen molar-refractivity contribution >= 4 is 29.1 Å². The second kappa shape index (κ2) is 3.22. The van der Waals surface area contributed by atoms with Crippen molar-refractivity contribution < 1.29 is 4.79 Å². The number of rotatable bonds is 3.